The molecule has 2 fully saturated rings. The summed E-state index contributed by atoms with van der Waals surface area (Å²) in [5.74, 6) is 2.65. The first-order valence-electron chi connectivity index (χ1n) is 6.47. The van der Waals surface area contributed by atoms with Gasteiger partial charge in [-0.3, -0.25) is 0 Å². The lowest BCUT2D eigenvalue weighted by Crippen LogP contribution is -2.37. The van der Waals surface area contributed by atoms with E-state index in [1.807, 2.05) is 6.92 Å². The fraction of sp³-hybridized carbons (Fsp3) is 0.600. The van der Waals surface area contributed by atoms with Crippen LogP contribution in [0.25, 0.3) is 0 Å². The zero-order chi connectivity index (χ0) is 11.9. The lowest BCUT2D eigenvalue weighted by atomic mass is 9.64. The van der Waals surface area contributed by atoms with Crippen molar-refractivity contribution < 1.29 is 9.52 Å². The lowest BCUT2D eigenvalue weighted by Gasteiger charge is -2.41. The van der Waals surface area contributed by atoms with E-state index in [0.29, 0.717) is 5.92 Å². The highest BCUT2D eigenvalue weighted by Crippen LogP contribution is 2.72. The van der Waals surface area contributed by atoms with Crippen molar-refractivity contribution in [1.29, 1.82) is 0 Å². The minimum atomic E-state index is -0.400. The average Bonchev–Trinajstić information content (AvgIpc) is 2.94. The Morgan fingerprint density at radius 1 is 1.53 bits per heavy atom. The van der Waals surface area contributed by atoms with Crippen LogP contribution in [0.15, 0.2) is 22.8 Å². The third-order valence-electron chi connectivity index (χ3n) is 5.48. The van der Waals surface area contributed by atoms with E-state index in [4.69, 9.17) is 4.42 Å². The molecule has 1 heterocycles. The molecule has 0 saturated heterocycles. The van der Waals surface area contributed by atoms with E-state index in [9.17, 15) is 5.11 Å². The second-order valence-electron chi connectivity index (χ2n) is 6.38. The van der Waals surface area contributed by atoms with Crippen LogP contribution >= 0.6 is 0 Å². The summed E-state index contributed by atoms with van der Waals surface area (Å²) in [6.45, 7) is 8.58. The van der Waals surface area contributed by atoms with Crippen LogP contribution in [-0.2, 0) is 6.42 Å². The lowest BCUT2D eigenvalue weighted by molar-refractivity contribution is 0.0272. The number of aliphatic hydroxyl groups is 1. The van der Waals surface area contributed by atoms with Gasteiger partial charge in [0.2, 0.25) is 0 Å². The molecule has 0 spiro atoms. The molecular weight excluding hydrogens is 212 g/mol. The molecule has 0 radical (unpaired) electrons. The molecule has 0 bridgehead atoms. The predicted octanol–water partition coefficient (Wildman–Crippen LogP) is 3.01. The van der Waals surface area contributed by atoms with E-state index in [-0.39, 0.29) is 11.3 Å². The van der Waals surface area contributed by atoms with E-state index < -0.39 is 6.10 Å². The van der Waals surface area contributed by atoms with E-state index in [2.05, 4.69) is 13.5 Å². The highest BCUT2D eigenvalue weighted by atomic mass is 16.3. The number of aryl methyl sites for hydroxylation is 1. The largest absolute Gasteiger partial charge is 0.469 e. The van der Waals surface area contributed by atoms with Gasteiger partial charge in [-0.15, -0.1) is 0 Å². The number of aliphatic hydroxyl groups excluding tert-OH is 1. The molecule has 2 nitrogen and oxygen atoms in total. The first-order valence-corrected chi connectivity index (χ1v) is 6.47. The molecule has 1 aromatic rings. The first kappa shape index (κ1) is 9.95. The minimum absolute atomic E-state index is 0.179. The van der Waals surface area contributed by atoms with Crippen molar-refractivity contribution in [2.24, 2.45) is 23.2 Å². The van der Waals surface area contributed by atoms with Crippen LogP contribution in [0.4, 0.5) is 0 Å². The zero-order valence-electron chi connectivity index (χ0n) is 10.4. The van der Waals surface area contributed by atoms with E-state index >= 15 is 0 Å². The van der Waals surface area contributed by atoms with Gasteiger partial charge >= 0.3 is 0 Å². The molecule has 1 aromatic heterocycles. The molecule has 3 aliphatic rings. The monoisotopic (exact) mass is 230 g/mol. The summed E-state index contributed by atoms with van der Waals surface area (Å²) in [5.41, 5.74) is 3.59. The van der Waals surface area contributed by atoms with Crippen LogP contribution in [0.1, 0.15) is 36.3 Å². The summed E-state index contributed by atoms with van der Waals surface area (Å²) in [6.07, 6.45) is 3.62. The van der Waals surface area contributed by atoms with E-state index in [1.54, 1.807) is 6.26 Å². The predicted molar refractivity (Wildman–Crippen MR) is 64.4 cm³/mol. The van der Waals surface area contributed by atoms with E-state index in [1.165, 1.54) is 12.0 Å². The van der Waals surface area contributed by atoms with Crippen molar-refractivity contribution in [3.63, 3.8) is 0 Å². The Balaban J connectivity index is 1.90. The molecule has 1 N–H and O–H groups in total. The van der Waals surface area contributed by atoms with Gasteiger partial charge in [0, 0.05) is 17.9 Å². The molecule has 4 rings (SSSR count). The molecule has 0 aliphatic heterocycles. The normalized spacial score (nSPS) is 46.4. The summed E-state index contributed by atoms with van der Waals surface area (Å²) in [4.78, 5) is 0. The Morgan fingerprint density at radius 3 is 3.06 bits per heavy atom. The standard InChI is InChI=1S/C15H18O2/c1-7-6-17-11-5-15(3)10-4-9(10)8(2)13(15)14(16)12(7)11/h6,9-10,13-14,16H,2,4-5H2,1,3H3/t9-,10+,13-,14-,15-/m0/s1. The molecule has 3 aliphatic carbocycles. The Bertz CT molecular complexity index is 527. The van der Waals surface area contributed by atoms with Crippen molar-refractivity contribution in [2.45, 2.75) is 32.8 Å². The maximum Gasteiger partial charge on any atom is 0.110 e. The topological polar surface area (TPSA) is 33.4 Å². The Morgan fingerprint density at radius 2 is 2.29 bits per heavy atom. The van der Waals surface area contributed by atoms with Crippen LogP contribution in [0.3, 0.4) is 0 Å². The summed E-state index contributed by atoms with van der Waals surface area (Å²) in [5, 5.41) is 10.7. The Hall–Kier alpha value is -1.02. The maximum atomic E-state index is 10.7. The maximum absolute atomic E-state index is 10.7. The smallest absolute Gasteiger partial charge is 0.110 e. The van der Waals surface area contributed by atoms with Crippen molar-refractivity contribution in [2.75, 3.05) is 0 Å². The van der Waals surface area contributed by atoms with Crippen molar-refractivity contribution in [1.82, 2.24) is 0 Å². The second kappa shape index (κ2) is 2.69. The third kappa shape index (κ3) is 0.971. The highest BCUT2D eigenvalue weighted by Gasteiger charge is 2.66. The van der Waals surface area contributed by atoms with Crippen LogP contribution in [0.5, 0.6) is 0 Å². The molecule has 0 unspecified atom stereocenters. The number of hydrogen-bond acceptors (Lipinski definition) is 2. The molecule has 2 saturated carbocycles. The summed E-state index contributed by atoms with van der Waals surface area (Å²) in [6, 6.07) is 0. The van der Waals surface area contributed by atoms with Crippen LogP contribution in [-0.4, -0.2) is 5.11 Å². The summed E-state index contributed by atoms with van der Waals surface area (Å²) < 4.78 is 5.64. The fourth-order valence-corrected chi connectivity index (χ4v) is 4.58. The number of fused-ring (bicyclic) bond motifs is 4. The molecule has 17 heavy (non-hydrogen) atoms. The SMILES string of the molecule is C=C1[C@@H]2C[C@H]2[C@]2(C)Cc3occ(C)c3[C@H](O)[C@H]12. The molecular formula is C15H18O2. The van der Waals surface area contributed by atoms with Gasteiger partial charge in [-0.2, -0.15) is 0 Å². The quantitative estimate of drug-likeness (QED) is 0.695. The third-order valence-corrected chi connectivity index (χ3v) is 5.48. The van der Waals surface area contributed by atoms with Gasteiger partial charge in [0.15, 0.2) is 0 Å². The summed E-state index contributed by atoms with van der Waals surface area (Å²) in [7, 11) is 0. The van der Waals surface area contributed by atoms with E-state index in [0.717, 1.165) is 29.2 Å². The molecule has 5 atom stereocenters. The number of furan rings is 1. The van der Waals surface area contributed by atoms with Gasteiger partial charge in [0.1, 0.15) is 5.76 Å². The van der Waals surface area contributed by atoms with Gasteiger partial charge in [-0.25, -0.2) is 0 Å². The molecule has 0 aromatic carbocycles. The van der Waals surface area contributed by atoms with Gasteiger partial charge in [0.25, 0.3) is 0 Å². The van der Waals surface area contributed by atoms with Crippen molar-refractivity contribution in [3.05, 3.63) is 35.3 Å². The fourth-order valence-electron chi connectivity index (χ4n) is 4.58. The van der Waals surface area contributed by atoms with Gasteiger partial charge < -0.3 is 9.52 Å². The van der Waals surface area contributed by atoms with Crippen LogP contribution < -0.4 is 0 Å². The Labute approximate surface area is 101 Å². The molecule has 0 amide bonds. The van der Waals surface area contributed by atoms with Gasteiger partial charge in [-0.05, 0) is 36.2 Å². The number of hydrogen-bond donors (Lipinski definition) is 1. The van der Waals surface area contributed by atoms with Gasteiger partial charge in [0.05, 0.1) is 12.4 Å². The van der Waals surface area contributed by atoms with Crippen molar-refractivity contribution >= 4 is 0 Å². The highest BCUT2D eigenvalue weighted by molar-refractivity contribution is 5.42. The Kier molecular flexibility index (Phi) is 1.58. The molecule has 2 heteroatoms. The second-order valence-corrected chi connectivity index (χ2v) is 6.38. The van der Waals surface area contributed by atoms with Crippen LogP contribution in [0.2, 0.25) is 0 Å². The molecule has 90 valence electrons. The minimum Gasteiger partial charge on any atom is -0.469 e. The summed E-state index contributed by atoms with van der Waals surface area (Å²) >= 11 is 0. The van der Waals surface area contributed by atoms with Crippen LogP contribution in [0, 0.1) is 30.1 Å². The number of rotatable bonds is 0. The average molecular weight is 230 g/mol. The van der Waals surface area contributed by atoms with Gasteiger partial charge in [-0.1, -0.05) is 19.1 Å². The zero-order valence-corrected chi connectivity index (χ0v) is 10.4. The van der Waals surface area contributed by atoms with Crippen molar-refractivity contribution in [3.8, 4) is 0 Å². The first-order chi connectivity index (χ1) is 8.04.